The molecule has 136 valence electrons. The highest BCUT2D eigenvalue weighted by Crippen LogP contribution is 2.25. The zero-order chi connectivity index (χ0) is 19.0. The third-order valence-corrected chi connectivity index (χ3v) is 5.53. The molecule has 1 aromatic carbocycles. The fourth-order valence-corrected chi connectivity index (χ4v) is 3.26. The number of aliphatic hydroxyl groups is 1. The smallest absolute Gasteiger partial charge is 0.423 e. The van der Waals surface area contributed by atoms with Crippen molar-refractivity contribution < 1.29 is 23.2 Å². The molecule has 0 aliphatic heterocycles. The Kier molecular flexibility index (Phi) is 5.95. The van der Waals surface area contributed by atoms with Crippen LogP contribution in [0.3, 0.4) is 0 Å². The fraction of sp³-hybridized carbons (Fsp3) is 0.625. The summed E-state index contributed by atoms with van der Waals surface area (Å²) in [5.41, 5.74) is -2.55. The first-order valence-corrected chi connectivity index (χ1v) is 9.26. The molecule has 0 saturated carbocycles. The molecule has 0 atom stereocenters. The lowest BCUT2D eigenvalue weighted by molar-refractivity contribution is -0.0982. The van der Waals surface area contributed by atoms with Crippen LogP contribution in [-0.2, 0) is 14.7 Å². The molecular formula is C16H28BNO5S. The van der Waals surface area contributed by atoms with E-state index in [0.717, 1.165) is 0 Å². The van der Waals surface area contributed by atoms with Crippen molar-refractivity contribution in [3.63, 3.8) is 0 Å². The van der Waals surface area contributed by atoms with Gasteiger partial charge in [0.1, 0.15) is 0 Å². The minimum atomic E-state index is -3.71. The number of hydrogen-bond acceptors (Lipinski definition) is 5. The van der Waals surface area contributed by atoms with Gasteiger partial charge in [-0.05, 0) is 66.1 Å². The van der Waals surface area contributed by atoms with E-state index in [9.17, 15) is 18.5 Å². The van der Waals surface area contributed by atoms with Gasteiger partial charge in [-0.15, -0.1) is 0 Å². The van der Waals surface area contributed by atoms with Crippen molar-refractivity contribution in [3.8, 4) is 0 Å². The summed E-state index contributed by atoms with van der Waals surface area (Å²) in [6.45, 7) is 11.7. The molecule has 1 aromatic rings. The molecule has 0 aromatic heterocycles. The largest absolute Gasteiger partial charge is 0.491 e. The Bertz CT molecular complexity index is 674. The van der Waals surface area contributed by atoms with Gasteiger partial charge in [0, 0.05) is 5.54 Å². The van der Waals surface area contributed by atoms with Crippen LogP contribution in [0.1, 0.15) is 48.5 Å². The maximum atomic E-state index is 12.4. The predicted molar refractivity (Wildman–Crippen MR) is 95.6 cm³/mol. The first kappa shape index (κ1) is 21.1. The maximum absolute atomic E-state index is 12.4. The highest BCUT2D eigenvalue weighted by molar-refractivity contribution is 7.89. The van der Waals surface area contributed by atoms with Crippen LogP contribution in [-0.4, -0.2) is 42.4 Å². The van der Waals surface area contributed by atoms with E-state index in [1.807, 2.05) is 0 Å². The molecule has 1 rings (SSSR count). The second-order valence-corrected chi connectivity index (χ2v) is 9.65. The molecule has 0 fully saturated rings. The minimum Gasteiger partial charge on any atom is -0.423 e. The van der Waals surface area contributed by atoms with Crippen LogP contribution in [0.2, 0.25) is 0 Å². The van der Waals surface area contributed by atoms with E-state index in [1.165, 1.54) is 18.2 Å². The average molecular weight is 357 g/mol. The summed E-state index contributed by atoms with van der Waals surface area (Å²) in [7, 11) is -5.08. The lowest BCUT2D eigenvalue weighted by Crippen LogP contribution is -2.53. The minimum absolute atomic E-state index is 0.0404. The van der Waals surface area contributed by atoms with Crippen LogP contribution in [0.5, 0.6) is 0 Å². The van der Waals surface area contributed by atoms with Crippen molar-refractivity contribution in [2.45, 2.75) is 70.1 Å². The van der Waals surface area contributed by atoms with Crippen molar-refractivity contribution in [2.24, 2.45) is 0 Å². The van der Waals surface area contributed by atoms with Crippen molar-refractivity contribution in [3.05, 3.63) is 24.3 Å². The van der Waals surface area contributed by atoms with Gasteiger partial charge < -0.3 is 14.8 Å². The SMILES string of the molecule is CC(C)(C)NS(=O)(=O)c1cccc(B(O)OC(C)(C)C(C)(C)O)c1. The second kappa shape index (κ2) is 6.76. The van der Waals surface area contributed by atoms with Gasteiger partial charge in [0.15, 0.2) is 0 Å². The topological polar surface area (TPSA) is 95.9 Å². The van der Waals surface area contributed by atoms with Crippen LogP contribution in [0.25, 0.3) is 0 Å². The summed E-state index contributed by atoms with van der Waals surface area (Å²) < 4.78 is 32.9. The molecule has 0 amide bonds. The lowest BCUT2D eigenvalue weighted by atomic mass is 9.76. The summed E-state index contributed by atoms with van der Waals surface area (Å²) in [5, 5.41) is 20.4. The van der Waals surface area contributed by atoms with Gasteiger partial charge in [0.2, 0.25) is 10.0 Å². The third-order valence-electron chi connectivity index (χ3n) is 3.77. The van der Waals surface area contributed by atoms with Crippen LogP contribution >= 0.6 is 0 Å². The number of rotatable bonds is 6. The quantitative estimate of drug-likeness (QED) is 0.661. The molecule has 6 nitrogen and oxygen atoms in total. The van der Waals surface area contributed by atoms with Crippen molar-refractivity contribution in [1.29, 1.82) is 0 Å². The molecule has 0 heterocycles. The highest BCUT2D eigenvalue weighted by Gasteiger charge is 2.39. The molecule has 0 unspecified atom stereocenters. The monoisotopic (exact) mass is 357 g/mol. The Labute approximate surface area is 145 Å². The number of hydrogen-bond donors (Lipinski definition) is 3. The van der Waals surface area contributed by atoms with Crippen LogP contribution in [0, 0.1) is 0 Å². The predicted octanol–water partition coefficient (Wildman–Crippen LogP) is 1.02. The van der Waals surface area contributed by atoms with Crippen LogP contribution in [0.4, 0.5) is 0 Å². The summed E-state index contributed by atoms with van der Waals surface area (Å²) >= 11 is 0. The van der Waals surface area contributed by atoms with Gasteiger partial charge in [0.05, 0.1) is 16.1 Å². The van der Waals surface area contributed by atoms with E-state index in [4.69, 9.17) is 4.65 Å². The standard InChI is InChI=1S/C16H28BNO5S/c1-14(2,3)18-24(21,22)13-10-8-9-12(11-13)17(20)23-16(6,7)15(4,5)19/h8-11,18-20H,1-7H3. The summed E-state index contributed by atoms with van der Waals surface area (Å²) in [6, 6.07) is 5.92. The first-order valence-electron chi connectivity index (χ1n) is 7.77. The van der Waals surface area contributed by atoms with Gasteiger partial charge in [-0.2, -0.15) is 0 Å². The van der Waals surface area contributed by atoms with Gasteiger partial charge in [-0.3, -0.25) is 0 Å². The van der Waals surface area contributed by atoms with E-state index in [-0.39, 0.29) is 4.90 Å². The molecule has 3 N–H and O–H groups in total. The molecule has 24 heavy (non-hydrogen) atoms. The Hall–Kier alpha value is -0.925. The Balaban J connectivity index is 3.09. The maximum Gasteiger partial charge on any atom is 0.491 e. The molecule has 0 aliphatic rings. The molecule has 0 bridgehead atoms. The van der Waals surface area contributed by atoms with E-state index >= 15 is 0 Å². The van der Waals surface area contributed by atoms with Gasteiger partial charge in [-0.25, -0.2) is 13.1 Å². The van der Waals surface area contributed by atoms with E-state index in [0.29, 0.717) is 5.46 Å². The van der Waals surface area contributed by atoms with E-state index < -0.39 is 33.9 Å². The van der Waals surface area contributed by atoms with Gasteiger partial charge in [0.25, 0.3) is 0 Å². The zero-order valence-electron chi connectivity index (χ0n) is 15.4. The number of benzene rings is 1. The van der Waals surface area contributed by atoms with Crippen molar-refractivity contribution in [1.82, 2.24) is 4.72 Å². The highest BCUT2D eigenvalue weighted by atomic mass is 32.2. The molecule has 0 spiro atoms. The second-order valence-electron chi connectivity index (χ2n) is 7.97. The van der Waals surface area contributed by atoms with Gasteiger partial charge in [-0.1, -0.05) is 12.1 Å². The van der Waals surface area contributed by atoms with E-state index in [2.05, 4.69) is 4.72 Å². The third kappa shape index (κ3) is 5.56. The normalized spacial score (nSPS) is 13.9. The average Bonchev–Trinajstić information content (AvgIpc) is 2.34. The van der Waals surface area contributed by atoms with Crippen LogP contribution in [0.15, 0.2) is 29.2 Å². The summed E-state index contributed by atoms with van der Waals surface area (Å²) in [5.74, 6) is 0. The van der Waals surface area contributed by atoms with Gasteiger partial charge >= 0.3 is 7.12 Å². The molecule has 0 radical (unpaired) electrons. The van der Waals surface area contributed by atoms with Crippen molar-refractivity contribution >= 4 is 22.6 Å². The van der Waals surface area contributed by atoms with Crippen LogP contribution < -0.4 is 10.2 Å². The molecule has 0 saturated heterocycles. The molecule has 8 heteroatoms. The Morgan fingerprint density at radius 1 is 1.08 bits per heavy atom. The van der Waals surface area contributed by atoms with E-state index in [1.54, 1.807) is 54.5 Å². The lowest BCUT2D eigenvalue weighted by Gasteiger charge is -2.38. The first-order chi connectivity index (χ1) is 10.6. The summed E-state index contributed by atoms with van der Waals surface area (Å²) in [4.78, 5) is 0.0404. The summed E-state index contributed by atoms with van der Waals surface area (Å²) in [6.07, 6.45) is 0. The Morgan fingerprint density at radius 2 is 1.62 bits per heavy atom. The van der Waals surface area contributed by atoms with Crippen molar-refractivity contribution in [2.75, 3.05) is 0 Å². The number of nitrogens with one attached hydrogen (secondary N) is 1. The molecule has 0 aliphatic carbocycles. The Morgan fingerprint density at radius 3 is 2.08 bits per heavy atom. The zero-order valence-corrected chi connectivity index (χ0v) is 16.2. The molecular weight excluding hydrogens is 329 g/mol. The number of sulfonamides is 1. The fourth-order valence-electron chi connectivity index (χ4n) is 1.79.